The van der Waals surface area contributed by atoms with Gasteiger partial charge in [-0.15, -0.1) is 0 Å². The van der Waals surface area contributed by atoms with Crippen LogP contribution >= 0.6 is 23.2 Å². The smallest absolute Gasteiger partial charge is 0.407 e. The van der Waals surface area contributed by atoms with Crippen LogP contribution in [0.25, 0.3) is 11.3 Å². The number of halogens is 2. The van der Waals surface area contributed by atoms with E-state index in [1.807, 2.05) is 0 Å². The Morgan fingerprint density at radius 2 is 1.89 bits per heavy atom. The van der Waals surface area contributed by atoms with Crippen LogP contribution in [0.1, 0.15) is 42.4 Å². The lowest BCUT2D eigenvalue weighted by Gasteiger charge is -2.20. The number of pyridine rings is 1. The Labute approximate surface area is 167 Å². The largest absolute Gasteiger partial charge is 0.478 e. The molecule has 2 N–H and O–H groups in total. The number of aryl methyl sites for hydroxylation is 1. The molecule has 1 heterocycles. The summed E-state index contributed by atoms with van der Waals surface area (Å²) in [6.07, 6.45) is -0.636. The number of carbonyl (C=O) groups is 2. The van der Waals surface area contributed by atoms with Gasteiger partial charge < -0.3 is 15.2 Å². The van der Waals surface area contributed by atoms with Crippen molar-refractivity contribution >= 4 is 35.3 Å². The van der Waals surface area contributed by atoms with Crippen LogP contribution < -0.4 is 5.32 Å². The Balaban J connectivity index is 2.37. The van der Waals surface area contributed by atoms with Crippen LogP contribution in [0, 0.1) is 6.92 Å². The molecule has 27 heavy (non-hydrogen) atoms. The Morgan fingerprint density at radius 3 is 2.44 bits per heavy atom. The van der Waals surface area contributed by atoms with Crippen LogP contribution in [0.3, 0.4) is 0 Å². The molecule has 0 atom stereocenters. The molecule has 1 amide bonds. The zero-order chi connectivity index (χ0) is 20.4. The first kappa shape index (κ1) is 21.0. The van der Waals surface area contributed by atoms with Gasteiger partial charge in [-0.05, 0) is 52.0 Å². The van der Waals surface area contributed by atoms with E-state index in [4.69, 9.17) is 27.9 Å². The number of carboxylic acids is 1. The van der Waals surface area contributed by atoms with E-state index in [1.54, 1.807) is 45.9 Å². The molecular weight excluding hydrogens is 391 g/mol. The van der Waals surface area contributed by atoms with Crippen molar-refractivity contribution in [3.8, 4) is 11.3 Å². The molecule has 0 saturated carbocycles. The highest BCUT2D eigenvalue weighted by Gasteiger charge is 2.20. The number of amides is 1. The fourth-order valence-corrected chi connectivity index (χ4v) is 2.93. The van der Waals surface area contributed by atoms with Crippen molar-refractivity contribution in [2.24, 2.45) is 0 Å². The second-order valence-corrected chi connectivity index (χ2v) is 7.75. The van der Waals surface area contributed by atoms with Crippen molar-refractivity contribution in [3.63, 3.8) is 0 Å². The Kier molecular flexibility index (Phi) is 6.34. The third kappa shape index (κ3) is 5.58. The van der Waals surface area contributed by atoms with Crippen molar-refractivity contribution in [3.05, 3.63) is 51.1 Å². The maximum atomic E-state index is 11.9. The molecule has 0 spiro atoms. The molecule has 1 aromatic carbocycles. The van der Waals surface area contributed by atoms with Gasteiger partial charge in [0.25, 0.3) is 0 Å². The molecule has 6 nitrogen and oxygen atoms in total. The van der Waals surface area contributed by atoms with Crippen LogP contribution in [0.2, 0.25) is 10.0 Å². The van der Waals surface area contributed by atoms with Gasteiger partial charge in [0.2, 0.25) is 0 Å². The van der Waals surface area contributed by atoms with Gasteiger partial charge in [-0.25, -0.2) is 9.59 Å². The van der Waals surface area contributed by atoms with E-state index in [9.17, 15) is 14.7 Å². The number of carbonyl (C=O) groups excluding carboxylic acids is 1. The summed E-state index contributed by atoms with van der Waals surface area (Å²) in [5.74, 6) is -1.13. The van der Waals surface area contributed by atoms with Crippen molar-refractivity contribution in [2.45, 2.75) is 39.8 Å². The minimum atomic E-state index is -1.13. The average molecular weight is 411 g/mol. The standard InChI is InChI=1S/C19H20Cl2N2O4/c1-10-14(9-22-18(26)27-19(2,3)4)13(17(24)25)8-16(23-10)12-6-5-11(20)7-15(12)21/h5-8H,9H2,1-4H3,(H,22,26)(H,24,25). The topological polar surface area (TPSA) is 88.5 Å². The van der Waals surface area contributed by atoms with Gasteiger partial charge in [-0.3, -0.25) is 4.98 Å². The second kappa shape index (κ2) is 8.15. The summed E-state index contributed by atoms with van der Waals surface area (Å²) in [4.78, 5) is 28.0. The number of hydrogen-bond donors (Lipinski definition) is 2. The summed E-state index contributed by atoms with van der Waals surface area (Å²) in [6.45, 7) is 6.88. The third-order valence-corrected chi connectivity index (χ3v) is 4.12. The van der Waals surface area contributed by atoms with Crippen LogP contribution in [0.5, 0.6) is 0 Å². The molecule has 2 aromatic rings. The molecule has 0 unspecified atom stereocenters. The molecule has 8 heteroatoms. The zero-order valence-electron chi connectivity index (χ0n) is 15.4. The highest BCUT2D eigenvalue weighted by molar-refractivity contribution is 6.36. The van der Waals surface area contributed by atoms with Crippen LogP contribution in [-0.2, 0) is 11.3 Å². The number of benzene rings is 1. The zero-order valence-corrected chi connectivity index (χ0v) is 16.9. The first-order valence-corrected chi connectivity index (χ1v) is 8.89. The second-order valence-electron chi connectivity index (χ2n) is 6.90. The Hall–Kier alpha value is -2.31. The number of rotatable bonds is 4. The molecule has 0 aliphatic heterocycles. The summed E-state index contributed by atoms with van der Waals surface area (Å²) < 4.78 is 5.17. The maximum Gasteiger partial charge on any atom is 0.407 e. The number of ether oxygens (including phenoxy) is 1. The van der Waals surface area contributed by atoms with Crippen LogP contribution in [0.15, 0.2) is 24.3 Å². The van der Waals surface area contributed by atoms with Crippen LogP contribution in [-0.4, -0.2) is 27.8 Å². The summed E-state index contributed by atoms with van der Waals surface area (Å²) >= 11 is 12.1. The number of alkyl carbamates (subject to hydrolysis) is 1. The lowest BCUT2D eigenvalue weighted by atomic mass is 10.0. The monoisotopic (exact) mass is 410 g/mol. The van der Waals surface area contributed by atoms with Gasteiger partial charge in [0.15, 0.2) is 0 Å². The highest BCUT2D eigenvalue weighted by atomic mass is 35.5. The highest BCUT2D eigenvalue weighted by Crippen LogP contribution is 2.31. The number of aromatic carboxylic acids is 1. The van der Waals surface area contributed by atoms with Crippen molar-refractivity contribution in [1.29, 1.82) is 0 Å². The normalized spacial score (nSPS) is 11.2. The average Bonchev–Trinajstić information content (AvgIpc) is 2.51. The van der Waals surface area contributed by atoms with Gasteiger partial charge >= 0.3 is 12.1 Å². The lowest BCUT2D eigenvalue weighted by molar-refractivity contribution is 0.0520. The van der Waals surface area contributed by atoms with Gasteiger partial charge in [0, 0.05) is 28.4 Å². The SMILES string of the molecule is Cc1nc(-c2ccc(Cl)cc2Cl)cc(C(=O)O)c1CNC(=O)OC(C)(C)C. The first-order valence-electron chi connectivity index (χ1n) is 8.14. The number of aromatic nitrogens is 1. The third-order valence-electron chi connectivity index (χ3n) is 3.58. The van der Waals surface area contributed by atoms with Gasteiger partial charge in [-0.1, -0.05) is 23.2 Å². The minimum Gasteiger partial charge on any atom is -0.478 e. The molecule has 0 aliphatic carbocycles. The van der Waals surface area contributed by atoms with E-state index in [1.165, 1.54) is 6.07 Å². The van der Waals surface area contributed by atoms with E-state index in [0.717, 1.165) is 0 Å². The van der Waals surface area contributed by atoms with E-state index >= 15 is 0 Å². The number of nitrogens with zero attached hydrogens (tertiary/aromatic N) is 1. The summed E-state index contributed by atoms with van der Waals surface area (Å²) in [7, 11) is 0. The van der Waals surface area contributed by atoms with E-state index in [-0.39, 0.29) is 12.1 Å². The fraction of sp³-hybridized carbons (Fsp3) is 0.316. The molecule has 0 saturated heterocycles. The summed E-state index contributed by atoms with van der Waals surface area (Å²) in [5, 5.41) is 13.0. The van der Waals surface area contributed by atoms with Crippen molar-refractivity contribution in [1.82, 2.24) is 10.3 Å². The van der Waals surface area contributed by atoms with Crippen LogP contribution in [0.4, 0.5) is 4.79 Å². The summed E-state index contributed by atoms with van der Waals surface area (Å²) in [6, 6.07) is 6.32. The minimum absolute atomic E-state index is 0.0238. The van der Waals surface area contributed by atoms with Gasteiger partial charge in [0.1, 0.15) is 5.60 Å². The van der Waals surface area contributed by atoms with Crippen molar-refractivity contribution in [2.75, 3.05) is 0 Å². The first-order chi connectivity index (χ1) is 12.5. The predicted molar refractivity (Wildman–Crippen MR) is 104 cm³/mol. The molecule has 0 bridgehead atoms. The Morgan fingerprint density at radius 1 is 1.22 bits per heavy atom. The molecule has 1 aromatic heterocycles. The molecule has 2 rings (SSSR count). The molecule has 144 valence electrons. The van der Waals surface area contributed by atoms with Gasteiger partial charge in [0.05, 0.1) is 16.3 Å². The number of nitrogens with one attached hydrogen (secondary N) is 1. The molecule has 0 aliphatic rings. The lowest BCUT2D eigenvalue weighted by Crippen LogP contribution is -2.32. The van der Waals surface area contributed by atoms with E-state index in [0.29, 0.717) is 32.6 Å². The fourth-order valence-electron chi connectivity index (χ4n) is 2.42. The van der Waals surface area contributed by atoms with E-state index in [2.05, 4.69) is 10.3 Å². The maximum absolute atomic E-state index is 11.9. The predicted octanol–water partition coefficient (Wildman–Crippen LogP) is 5.09. The molecular formula is C19H20Cl2N2O4. The number of hydrogen-bond acceptors (Lipinski definition) is 4. The quantitative estimate of drug-likeness (QED) is 0.732. The molecule has 0 radical (unpaired) electrons. The molecule has 0 fully saturated rings. The number of carboxylic acid groups (broad SMARTS) is 1. The summed E-state index contributed by atoms with van der Waals surface area (Å²) in [5.41, 5.74) is 1.21. The Bertz CT molecular complexity index is 892. The van der Waals surface area contributed by atoms with Crippen molar-refractivity contribution < 1.29 is 19.4 Å². The van der Waals surface area contributed by atoms with E-state index < -0.39 is 17.7 Å². The van der Waals surface area contributed by atoms with Gasteiger partial charge in [-0.2, -0.15) is 0 Å².